The number of aryl methyl sites for hydroxylation is 2. The molecule has 1 aromatic carbocycles. The maximum Gasteiger partial charge on any atom is 0.208 e. The summed E-state index contributed by atoms with van der Waals surface area (Å²) in [6.45, 7) is 7.46. The summed E-state index contributed by atoms with van der Waals surface area (Å²) in [5.41, 5.74) is 2.13. The number of piperazine rings is 1. The Kier molecular flexibility index (Phi) is 7.84. The number of oxazole rings is 1. The topological polar surface area (TPSA) is 41.3 Å². The van der Waals surface area contributed by atoms with Crippen molar-refractivity contribution in [2.75, 3.05) is 19.6 Å². The fraction of sp³-hybridized carbons (Fsp3) is 0.438. The van der Waals surface area contributed by atoms with Crippen molar-refractivity contribution in [1.29, 1.82) is 0 Å². The molecule has 1 aromatic heterocycles. The lowest BCUT2D eigenvalue weighted by atomic mass is 10.0. The van der Waals surface area contributed by atoms with Gasteiger partial charge in [0.05, 0.1) is 12.2 Å². The third kappa shape index (κ3) is 4.61. The monoisotopic (exact) mass is 377 g/mol. The van der Waals surface area contributed by atoms with E-state index in [4.69, 9.17) is 16.0 Å². The fourth-order valence-corrected chi connectivity index (χ4v) is 3.03. The summed E-state index contributed by atoms with van der Waals surface area (Å²) in [6.07, 6.45) is 0. The van der Waals surface area contributed by atoms with Crippen LogP contribution in [0.1, 0.15) is 29.0 Å². The van der Waals surface area contributed by atoms with Gasteiger partial charge < -0.3 is 9.73 Å². The lowest BCUT2D eigenvalue weighted by Gasteiger charge is -2.36. The Morgan fingerprint density at radius 3 is 2.70 bits per heavy atom. The van der Waals surface area contributed by atoms with E-state index in [2.05, 4.69) is 21.3 Å². The van der Waals surface area contributed by atoms with Crippen LogP contribution in [0.4, 0.5) is 0 Å². The van der Waals surface area contributed by atoms with E-state index >= 15 is 0 Å². The summed E-state index contributed by atoms with van der Waals surface area (Å²) in [4.78, 5) is 6.87. The van der Waals surface area contributed by atoms with Crippen molar-refractivity contribution >= 4 is 36.4 Å². The molecule has 1 unspecified atom stereocenters. The standard InChI is InChI=1S/C16H20ClN3O.2ClH/c1-11-12(2)21-16(19-11)10-20-8-7-18-9-15(20)13-5-3-4-6-14(13)17;;/h3-6,15,18H,7-10H2,1-2H3;2*1H. The van der Waals surface area contributed by atoms with Gasteiger partial charge >= 0.3 is 0 Å². The van der Waals surface area contributed by atoms with Gasteiger partial charge in [-0.3, -0.25) is 4.90 Å². The molecule has 0 aliphatic carbocycles. The normalized spacial score (nSPS) is 18.1. The van der Waals surface area contributed by atoms with Crippen LogP contribution in [0.15, 0.2) is 28.7 Å². The summed E-state index contributed by atoms with van der Waals surface area (Å²) >= 11 is 6.36. The van der Waals surface area contributed by atoms with E-state index in [0.29, 0.717) is 6.54 Å². The molecule has 4 nitrogen and oxygen atoms in total. The third-order valence-electron chi connectivity index (χ3n) is 4.03. The number of benzene rings is 1. The zero-order chi connectivity index (χ0) is 14.8. The first kappa shape index (κ1) is 20.3. The minimum absolute atomic E-state index is 0. The van der Waals surface area contributed by atoms with Gasteiger partial charge in [0.1, 0.15) is 5.76 Å². The molecule has 1 aliphatic heterocycles. The number of rotatable bonds is 3. The van der Waals surface area contributed by atoms with Crippen LogP contribution < -0.4 is 5.32 Å². The number of nitrogens with zero attached hydrogens (tertiary/aromatic N) is 2. The zero-order valence-electron chi connectivity index (χ0n) is 13.2. The van der Waals surface area contributed by atoms with Crippen molar-refractivity contribution in [3.05, 3.63) is 52.2 Å². The number of hydrogen-bond donors (Lipinski definition) is 1. The van der Waals surface area contributed by atoms with Crippen molar-refractivity contribution < 1.29 is 4.42 Å². The molecule has 1 N–H and O–H groups in total. The molecule has 1 atom stereocenters. The van der Waals surface area contributed by atoms with Gasteiger partial charge in [0.2, 0.25) is 5.89 Å². The summed E-state index contributed by atoms with van der Waals surface area (Å²) in [5, 5.41) is 4.26. The highest BCUT2D eigenvalue weighted by molar-refractivity contribution is 6.31. The molecule has 3 rings (SSSR count). The molecule has 1 fully saturated rings. The molecule has 0 bridgehead atoms. The molecule has 0 spiro atoms. The third-order valence-corrected chi connectivity index (χ3v) is 4.37. The fourth-order valence-electron chi connectivity index (χ4n) is 2.77. The SMILES string of the molecule is Cc1nc(CN2CCNCC2c2ccccc2Cl)oc1C.Cl.Cl. The lowest BCUT2D eigenvalue weighted by Crippen LogP contribution is -2.45. The second-order valence-corrected chi connectivity index (χ2v) is 5.87. The quantitative estimate of drug-likeness (QED) is 0.878. The van der Waals surface area contributed by atoms with Gasteiger partial charge in [0, 0.05) is 30.7 Å². The van der Waals surface area contributed by atoms with Gasteiger partial charge in [0.15, 0.2) is 0 Å². The van der Waals surface area contributed by atoms with Crippen LogP contribution in [0.2, 0.25) is 5.02 Å². The van der Waals surface area contributed by atoms with Crippen LogP contribution >= 0.6 is 36.4 Å². The molecule has 2 heterocycles. The zero-order valence-corrected chi connectivity index (χ0v) is 15.6. The smallest absolute Gasteiger partial charge is 0.208 e. The maximum absolute atomic E-state index is 6.36. The van der Waals surface area contributed by atoms with Gasteiger partial charge in [-0.2, -0.15) is 0 Å². The predicted molar refractivity (Wildman–Crippen MR) is 97.9 cm³/mol. The van der Waals surface area contributed by atoms with Gasteiger partial charge in [-0.05, 0) is 25.5 Å². The first-order valence-corrected chi connectivity index (χ1v) is 7.65. The Morgan fingerprint density at radius 1 is 1.30 bits per heavy atom. The van der Waals surface area contributed by atoms with E-state index in [9.17, 15) is 0 Å². The van der Waals surface area contributed by atoms with Crippen LogP contribution in [-0.2, 0) is 6.54 Å². The first-order valence-electron chi connectivity index (χ1n) is 7.27. The van der Waals surface area contributed by atoms with E-state index in [1.807, 2.05) is 32.0 Å². The number of hydrogen-bond acceptors (Lipinski definition) is 4. The molecule has 7 heteroatoms. The minimum Gasteiger partial charge on any atom is -0.444 e. The average Bonchev–Trinajstić information content (AvgIpc) is 2.79. The summed E-state index contributed by atoms with van der Waals surface area (Å²) in [7, 11) is 0. The molecule has 1 aliphatic rings. The maximum atomic E-state index is 6.36. The van der Waals surface area contributed by atoms with Gasteiger partial charge in [0.25, 0.3) is 0 Å². The summed E-state index contributed by atoms with van der Waals surface area (Å²) < 4.78 is 5.73. The van der Waals surface area contributed by atoms with Gasteiger partial charge in [-0.15, -0.1) is 24.8 Å². The molecule has 0 amide bonds. The van der Waals surface area contributed by atoms with E-state index in [1.165, 1.54) is 0 Å². The predicted octanol–water partition coefficient (Wildman–Crippen LogP) is 3.93. The Morgan fingerprint density at radius 2 is 2.04 bits per heavy atom. The summed E-state index contributed by atoms with van der Waals surface area (Å²) in [5.74, 6) is 1.68. The van der Waals surface area contributed by atoms with Crippen LogP contribution in [0.3, 0.4) is 0 Å². The second-order valence-electron chi connectivity index (χ2n) is 5.46. The number of aromatic nitrogens is 1. The van der Waals surface area contributed by atoms with Crippen molar-refractivity contribution in [2.24, 2.45) is 0 Å². The highest BCUT2D eigenvalue weighted by Crippen LogP contribution is 2.29. The van der Waals surface area contributed by atoms with E-state index in [0.717, 1.165) is 47.6 Å². The van der Waals surface area contributed by atoms with Crippen LogP contribution in [0.25, 0.3) is 0 Å². The number of halogens is 3. The van der Waals surface area contributed by atoms with Gasteiger partial charge in [-0.25, -0.2) is 4.98 Å². The highest BCUT2D eigenvalue weighted by Gasteiger charge is 2.26. The van der Waals surface area contributed by atoms with Crippen molar-refractivity contribution in [1.82, 2.24) is 15.2 Å². The van der Waals surface area contributed by atoms with E-state index in [1.54, 1.807) is 0 Å². The Hall–Kier alpha value is -0.780. The molecule has 0 saturated carbocycles. The molecule has 128 valence electrons. The lowest BCUT2D eigenvalue weighted by molar-refractivity contribution is 0.139. The molecule has 0 radical (unpaired) electrons. The molecule has 23 heavy (non-hydrogen) atoms. The molecular weight excluding hydrogens is 357 g/mol. The number of nitrogens with one attached hydrogen (secondary N) is 1. The van der Waals surface area contributed by atoms with Gasteiger partial charge in [-0.1, -0.05) is 29.8 Å². The van der Waals surface area contributed by atoms with E-state index in [-0.39, 0.29) is 30.9 Å². The van der Waals surface area contributed by atoms with Crippen LogP contribution in [0, 0.1) is 13.8 Å². The minimum atomic E-state index is 0. The van der Waals surface area contributed by atoms with Crippen molar-refractivity contribution in [3.8, 4) is 0 Å². The summed E-state index contributed by atoms with van der Waals surface area (Å²) in [6, 6.07) is 8.29. The Labute approximate surface area is 154 Å². The van der Waals surface area contributed by atoms with Crippen LogP contribution in [-0.4, -0.2) is 29.5 Å². The molecule has 1 saturated heterocycles. The largest absolute Gasteiger partial charge is 0.444 e. The molecule has 2 aromatic rings. The van der Waals surface area contributed by atoms with Crippen molar-refractivity contribution in [2.45, 2.75) is 26.4 Å². The van der Waals surface area contributed by atoms with E-state index < -0.39 is 0 Å². The first-order chi connectivity index (χ1) is 10.1. The van der Waals surface area contributed by atoms with Crippen LogP contribution in [0.5, 0.6) is 0 Å². The highest BCUT2D eigenvalue weighted by atomic mass is 35.5. The Bertz CT molecular complexity index is 613. The molecular formula is C16H22Cl3N3O. The van der Waals surface area contributed by atoms with Crippen molar-refractivity contribution in [3.63, 3.8) is 0 Å². The second kappa shape index (κ2) is 8.90. The average molecular weight is 379 g/mol. The Balaban J connectivity index is 0.00000132.